The Balaban J connectivity index is 2.29. The summed E-state index contributed by atoms with van der Waals surface area (Å²) in [6.07, 6.45) is 0. The van der Waals surface area contributed by atoms with E-state index in [4.69, 9.17) is 15.2 Å². The smallest absolute Gasteiger partial charge is 0.257 e. The summed E-state index contributed by atoms with van der Waals surface area (Å²) in [5, 5.41) is 2.80. The number of benzene rings is 2. The molecule has 0 aliphatic carbocycles. The molecule has 0 bridgehead atoms. The van der Waals surface area contributed by atoms with Crippen molar-refractivity contribution in [3.63, 3.8) is 0 Å². The fourth-order valence-corrected chi connectivity index (χ4v) is 1.96. The second-order valence-electron chi connectivity index (χ2n) is 4.59. The first-order chi connectivity index (χ1) is 10.0. The number of amides is 1. The molecular weight excluding hydrogens is 268 g/mol. The molecule has 21 heavy (non-hydrogen) atoms. The maximum absolute atomic E-state index is 12.3. The first-order valence-electron chi connectivity index (χ1n) is 6.44. The van der Waals surface area contributed by atoms with E-state index in [2.05, 4.69) is 5.32 Å². The number of nitrogens with one attached hydrogen (secondary N) is 1. The summed E-state index contributed by atoms with van der Waals surface area (Å²) < 4.78 is 10.3. The fourth-order valence-electron chi connectivity index (χ4n) is 1.96. The lowest BCUT2D eigenvalue weighted by Gasteiger charge is -2.11. The molecule has 2 aromatic rings. The lowest BCUT2D eigenvalue weighted by Crippen LogP contribution is -2.14. The van der Waals surface area contributed by atoms with E-state index >= 15 is 0 Å². The summed E-state index contributed by atoms with van der Waals surface area (Å²) in [4.78, 5) is 12.3. The number of carbonyl (C=O) groups excluding carboxylic acids is 1. The summed E-state index contributed by atoms with van der Waals surface area (Å²) in [5.41, 5.74) is 8.30. The zero-order chi connectivity index (χ0) is 15.4. The third kappa shape index (κ3) is 3.25. The number of rotatable bonds is 4. The molecule has 2 rings (SSSR count). The van der Waals surface area contributed by atoms with Gasteiger partial charge in [-0.15, -0.1) is 0 Å². The second kappa shape index (κ2) is 6.17. The highest BCUT2D eigenvalue weighted by atomic mass is 16.5. The normalized spacial score (nSPS) is 10.0. The number of carbonyl (C=O) groups is 1. The molecule has 1 amide bonds. The number of hydrogen-bond donors (Lipinski definition) is 2. The zero-order valence-electron chi connectivity index (χ0n) is 12.3. The predicted molar refractivity (Wildman–Crippen MR) is 83.1 cm³/mol. The highest BCUT2D eigenvalue weighted by Crippen LogP contribution is 2.26. The average Bonchev–Trinajstić information content (AvgIpc) is 2.49. The van der Waals surface area contributed by atoms with E-state index in [1.807, 2.05) is 13.0 Å². The minimum atomic E-state index is -0.272. The van der Waals surface area contributed by atoms with Crippen molar-refractivity contribution in [3.8, 4) is 11.5 Å². The first kappa shape index (κ1) is 14.7. The molecule has 5 nitrogen and oxygen atoms in total. The molecule has 5 heteroatoms. The molecule has 0 fully saturated rings. The Bertz CT molecular complexity index is 646. The Morgan fingerprint density at radius 1 is 1.10 bits per heavy atom. The van der Waals surface area contributed by atoms with Crippen molar-refractivity contribution < 1.29 is 14.3 Å². The number of ether oxygens (including phenoxy) is 2. The molecule has 0 saturated carbocycles. The quantitative estimate of drug-likeness (QED) is 0.848. The Kier molecular flexibility index (Phi) is 4.33. The van der Waals surface area contributed by atoms with Gasteiger partial charge in [0.25, 0.3) is 5.91 Å². The monoisotopic (exact) mass is 286 g/mol. The van der Waals surface area contributed by atoms with Crippen molar-refractivity contribution >= 4 is 17.3 Å². The molecule has 0 heterocycles. The standard InChI is InChI=1S/C16H18N2O3/c1-10-5-4-6-14(15(10)17)16(19)18-11-7-12(20-2)9-13(8-11)21-3/h4-9H,17H2,1-3H3,(H,18,19). The van der Waals surface area contributed by atoms with Gasteiger partial charge in [-0.2, -0.15) is 0 Å². The van der Waals surface area contributed by atoms with Crippen molar-refractivity contribution in [1.29, 1.82) is 0 Å². The highest BCUT2D eigenvalue weighted by Gasteiger charge is 2.12. The number of methoxy groups -OCH3 is 2. The van der Waals surface area contributed by atoms with E-state index in [1.165, 1.54) is 0 Å². The SMILES string of the molecule is COc1cc(NC(=O)c2cccc(C)c2N)cc(OC)c1. The van der Waals surface area contributed by atoms with Gasteiger partial charge in [-0.3, -0.25) is 4.79 Å². The van der Waals surface area contributed by atoms with Crippen molar-refractivity contribution in [2.75, 3.05) is 25.3 Å². The Morgan fingerprint density at radius 2 is 1.71 bits per heavy atom. The van der Waals surface area contributed by atoms with Gasteiger partial charge in [-0.1, -0.05) is 12.1 Å². The third-order valence-electron chi connectivity index (χ3n) is 3.18. The van der Waals surface area contributed by atoms with Crippen LogP contribution in [0.25, 0.3) is 0 Å². The summed E-state index contributed by atoms with van der Waals surface area (Å²) in [7, 11) is 3.11. The summed E-state index contributed by atoms with van der Waals surface area (Å²) in [6, 6.07) is 10.5. The Hall–Kier alpha value is -2.69. The molecule has 0 atom stereocenters. The first-order valence-corrected chi connectivity index (χ1v) is 6.44. The third-order valence-corrected chi connectivity index (χ3v) is 3.18. The number of anilines is 2. The van der Waals surface area contributed by atoms with Crippen LogP contribution >= 0.6 is 0 Å². The van der Waals surface area contributed by atoms with Crippen LogP contribution in [0.4, 0.5) is 11.4 Å². The van der Waals surface area contributed by atoms with Crippen molar-refractivity contribution in [2.45, 2.75) is 6.92 Å². The average molecular weight is 286 g/mol. The molecule has 3 N–H and O–H groups in total. The van der Waals surface area contributed by atoms with E-state index in [1.54, 1.807) is 44.6 Å². The summed E-state index contributed by atoms with van der Waals surface area (Å²) in [6.45, 7) is 1.86. The molecule has 0 spiro atoms. The van der Waals surface area contributed by atoms with Crippen LogP contribution in [0.15, 0.2) is 36.4 Å². The largest absolute Gasteiger partial charge is 0.497 e. The molecule has 0 aliphatic rings. The van der Waals surface area contributed by atoms with Gasteiger partial charge in [0, 0.05) is 29.6 Å². The summed E-state index contributed by atoms with van der Waals surface area (Å²) >= 11 is 0. The van der Waals surface area contributed by atoms with Crippen LogP contribution in [0.1, 0.15) is 15.9 Å². The lowest BCUT2D eigenvalue weighted by atomic mass is 10.1. The van der Waals surface area contributed by atoms with Crippen LogP contribution < -0.4 is 20.5 Å². The van der Waals surface area contributed by atoms with Crippen LogP contribution in [0.2, 0.25) is 0 Å². The van der Waals surface area contributed by atoms with Crippen LogP contribution in [0.3, 0.4) is 0 Å². The minimum Gasteiger partial charge on any atom is -0.497 e. The number of para-hydroxylation sites is 1. The summed E-state index contributed by atoms with van der Waals surface area (Å²) in [5.74, 6) is 0.926. The molecular formula is C16H18N2O3. The maximum atomic E-state index is 12.3. The van der Waals surface area contributed by atoms with Crippen LogP contribution in [-0.2, 0) is 0 Å². The van der Waals surface area contributed by atoms with Gasteiger partial charge in [0.2, 0.25) is 0 Å². The van der Waals surface area contributed by atoms with Crippen LogP contribution in [-0.4, -0.2) is 20.1 Å². The topological polar surface area (TPSA) is 73.6 Å². The molecule has 110 valence electrons. The van der Waals surface area contributed by atoms with Gasteiger partial charge < -0.3 is 20.5 Å². The van der Waals surface area contributed by atoms with E-state index < -0.39 is 0 Å². The van der Waals surface area contributed by atoms with Crippen molar-refractivity contribution in [3.05, 3.63) is 47.5 Å². The molecule has 0 aromatic heterocycles. The van der Waals surface area contributed by atoms with E-state index in [9.17, 15) is 4.79 Å². The maximum Gasteiger partial charge on any atom is 0.257 e. The fraction of sp³-hybridized carbons (Fsp3) is 0.188. The Labute approximate surface area is 123 Å². The molecule has 2 aromatic carbocycles. The highest BCUT2D eigenvalue weighted by molar-refractivity contribution is 6.08. The van der Waals surface area contributed by atoms with Crippen LogP contribution in [0, 0.1) is 6.92 Å². The van der Waals surface area contributed by atoms with E-state index in [-0.39, 0.29) is 5.91 Å². The number of nitrogen functional groups attached to an aromatic ring is 1. The van der Waals surface area contributed by atoms with Gasteiger partial charge in [-0.25, -0.2) is 0 Å². The van der Waals surface area contributed by atoms with Gasteiger partial charge in [0.05, 0.1) is 19.8 Å². The van der Waals surface area contributed by atoms with Gasteiger partial charge >= 0.3 is 0 Å². The zero-order valence-corrected chi connectivity index (χ0v) is 12.3. The van der Waals surface area contributed by atoms with Crippen molar-refractivity contribution in [2.24, 2.45) is 0 Å². The molecule has 0 radical (unpaired) electrons. The molecule has 0 saturated heterocycles. The van der Waals surface area contributed by atoms with Gasteiger partial charge in [0.1, 0.15) is 11.5 Å². The predicted octanol–water partition coefficient (Wildman–Crippen LogP) is 2.85. The van der Waals surface area contributed by atoms with Crippen LogP contribution in [0.5, 0.6) is 11.5 Å². The number of nitrogens with two attached hydrogens (primary N) is 1. The van der Waals surface area contributed by atoms with E-state index in [0.29, 0.717) is 28.4 Å². The minimum absolute atomic E-state index is 0.272. The second-order valence-corrected chi connectivity index (χ2v) is 4.59. The molecule has 0 aliphatic heterocycles. The van der Waals surface area contributed by atoms with Crippen molar-refractivity contribution in [1.82, 2.24) is 0 Å². The van der Waals surface area contributed by atoms with E-state index in [0.717, 1.165) is 5.56 Å². The molecule has 0 unspecified atom stereocenters. The van der Waals surface area contributed by atoms with Gasteiger partial charge in [0.15, 0.2) is 0 Å². The Morgan fingerprint density at radius 3 is 2.29 bits per heavy atom. The van der Waals surface area contributed by atoms with Gasteiger partial charge in [-0.05, 0) is 18.6 Å². The number of aryl methyl sites for hydroxylation is 1. The lowest BCUT2D eigenvalue weighted by molar-refractivity contribution is 0.102. The number of hydrogen-bond acceptors (Lipinski definition) is 4.